The Morgan fingerprint density at radius 1 is 1.12 bits per heavy atom. The second kappa shape index (κ2) is 8.99. The van der Waals surface area contributed by atoms with Gasteiger partial charge in [0.1, 0.15) is 10.1 Å². The molecule has 0 radical (unpaired) electrons. The van der Waals surface area contributed by atoms with Gasteiger partial charge in [-0.1, -0.05) is 0 Å². The molecule has 0 atom stereocenters. The molecule has 13 heteroatoms. The fraction of sp³-hybridized carbons (Fsp3) is 0.571. The smallest absolute Gasteiger partial charge is 0.285 e. The summed E-state index contributed by atoms with van der Waals surface area (Å²) in [5.41, 5.74) is 0.672. The summed E-state index contributed by atoms with van der Waals surface area (Å²) in [4.78, 5) is 7.31. The number of piperidine rings is 1. The second-order valence-electron chi connectivity index (χ2n) is 9.14. The lowest BCUT2D eigenvalue weighted by Crippen LogP contribution is -2.51. The number of nitrogens with one attached hydrogen (secondary N) is 3. The first-order valence-corrected chi connectivity index (χ1v) is 12.5. The second-order valence-corrected chi connectivity index (χ2v) is 11.1. The number of ether oxygens (including phenoxy) is 1. The minimum absolute atomic E-state index is 0.227. The zero-order chi connectivity index (χ0) is 24.1. The van der Waals surface area contributed by atoms with E-state index in [0.717, 1.165) is 56.8 Å². The standard InChI is InChI=1S/C21H24F4N6OS2/c22-15(23)17(27)33-16(26)14-8-28-18-13(30-5-3-20(4-6-30)10-32-11-20)7-12(9-31(14)18)34-29-21(1-2-21)19(24)25/h7-9,15,19,26-27,29H,1-6,10-11H2. The van der Waals surface area contributed by atoms with Crippen LogP contribution in [0.15, 0.2) is 23.4 Å². The van der Waals surface area contributed by atoms with E-state index in [2.05, 4.69) is 14.6 Å². The predicted octanol–water partition coefficient (Wildman–Crippen LogP) is 4.65. The van der Waals surface area contributed by atoms with Gasteiger partial charge in [-0.05, 0) is 55.5 Å². The summed E-state index contributed by atoms with van der Waals surface area (Å²) in [7, 11) is 0. The summed E-state index contributed by atoms with van der Waals surface area (Å²) in [5, 5.41) is 14.5. The molecule has 0 unspecified atom stereocenters. The number of nitrogens with zero attached hydrogens (tertiary/aromatic N) is 3. The number of thioether (sulfide) groups is 1. The predicted molar refractivity (Wildman–Crippen MR) is 125 cm³/mol. The van der Waals surface area contributed by atoms with Gasteiger partial charge in [0.15, 0.2) is 5.65 Å². The van der Waals surface area contributed by atoms with Gasteiger partial charge in [-0.3, -0.25) is 15.2 Å². The molecule has 1 aliphatic carbocycles. The Labute approximate surface area is 202 Å². The number of imidazole rings is 1. The lowest BCUT2D eigenvalue weighted by Gasteiger charge is -2.47. The summed E-state index contributed by atoms with van der Waals surface area (Å²) < 4.78 is 62.4. The van der Waals surface area contributed by atoms with E-state index >= 15 is 0 Å². The Morgan fingerprint density at radius 3 is 2.38 bits per heavy atom. The van der Waals surface area contributed by atoms with Gasteiger partial charge in [0.05, 0.1) is 36.3 Å². The third-order valence-electron chi connectivity index (χ3n) is 6.76. The molecule has 2 saturated heterocycles. The zero-order valence-corrected chi connectivity index (χ0v) is 19.8. The number of anilines is 1. The molecule has 3 N–H and O–H groups in total. The zero-order valence-electron chi connectivity index (χ0n) is 18.1. The van der Waals surface area contributed by atoms with Crippen LogP contribution in [0.1, 0.15) is 31.4 Å². The van der Waals surface area contributed by atoms with Gasteiger partial charge in [0, 0.05) is 29.6 Å². The van der Waals surface area contributed by atoms with Crippen molar-refractivity contribution in [3.8, 4) is 0 Å². The van der Waals surface area contributed by atoms with Gasteiger partial charge in [0.2, 0.25) is 0 Å². The van der Waals surface area contributed by atoms with Gasteiger partial charge < -0.3 is 9.64 Å². The lowest BCUT2D eigenvalue weighted by molar-refractivity contribution is -0.124. The van der Waals surface area contributed by atoms with Gasteiger partial charge in [-0.15, -0.1) is 0 Å². The van der Waals surface area contributed by atoms with Gasteiger partial charge >= 0.3 is 0 Å². The van der Waals surface area contributed by atoms with Crippen LogP contribution in [0.5, 0.6) is 0 Å². The number of alkyl halides is 4. The van der Waals surface area contributed by atoms with Crippen LogP contribution < -0.4 is 9.62 Å². The Hall–Kier alpha value is -1.83. The normalized spacial score (nSPS) is 20.8. The Bertz CT molecular complexity index is 1110. The van der Waals surface area contributed by atoms with Crippen LogP contribution in [0, 0.1) is 16.2 Å². The molecule has 0 amide bonds. The van der Waals surface area contributed by atoms with E-state index in [1.165, 1.54) is 6.20 Å². The van der Waals surface area contributed by atoms with E-state index in [-0.39, 0.29) is 16.2 Å². The lowest BCUT2D eigenvalue weighted by atomic mass is 9.77. The molecule has 3 aliphatic rings. The van der Waals surface area contributed by atoms with Crippen molar-refractivity contribution in [1.82, 2.24) is 14.1 Å². The minimum atomic E-state index is -2.96. The number of hydrogen-bond donors (Lipinski definition) is 3. The molecule has 1 saturated carbocycles. The molecule has 184 valence electrons. The van der Waals surface area contributed by atoms with E-state index in [1.54, 1.807) is 10.6 Å². The number of hydrogen-bond acceptors (Lipinski definition) is 8. The molecule has 5 rings (SSSR count). The summed E-state index contributed by atoms with van der Waals surface area (Å²) in [5.74, 6) is 0. The largest absolute Gasteiger partial charge is 0.380 e. The first-order chi connectivity index (χ1) is 16.2. The topological polar surface area (TPSA) is 89.5 Å². The molecule has 2 aromatic rings. The molecular formula is C21H24F4N6OS2. The molecule has 7 nitrogen and oxygen atoms in total. The van der Waals surface area contributed by atoms with E-state index in [9.17, 15) is 17.6 Å². The molecule has 34 heavy (non-hydrogen) atoms. The van der Waals surface area contributed by atoms with E-state index in [4.69, 9.17) is 15.6 Å². The number of rotatable bonds is 7. The molecule has 3 fully saturated rings. The molecule has 2 aromatic heterocycles. The third kappa shape index (κ3) is 4.42. The van der Waals surface area contributed by atoms with Crippen molar-refractivity contribution in [3.05, 3.63) is 24.2 Å². The van der Waals surface area contributed by atoms with Crippen molar-refractivity contribution >= 4 is 45.1 Å². The highest BCUT2D eigenvalue weighted by atomic mass is 32.2. The number of fused-ring (bicyclic) bond motifs is 1. The van der Waals surface area contributed by atoms with Crippen molar-refractivity contribution in [1.29, 1.82) is 10.8 Å². The minimum Gasteiger partial charge on any atom is -0.380 e. The molecule has 4 heterocycles. The molecular weight excluding hydrogens is 492 g/mol. The average Bonchev–Trinajstić information content (AvgIpc) is 3.47. The van der Waals surface area contributed by atoms with E-state index in [0.29, 0.717) is 35.1 Å². The SMILES string of the molecule is N=C(SC(=N)C(F)F)c1cnc2c(N3CCC4(CC3)COC4)cc(SNC3(C(F)F)CC3)cn12. The Kier molecular flexibility index (Phi) is 6.32. The highest BCUT2D eigenvalue weighted by Crippen LogP contribution is 2.44. The first-order valence-electron chi connectivity index (χ1n) is 10.9. The van der Waals surface area contributed by atoms with Crippen LogP contribution in [-0.4, -0.2) is 64.2 Å². The maximum atomic E-state index is 13.4. The molecule has 1 spiro atoms. The summed E-state index contributed by atoms with van der Waals surface area (Å²) in [6.07, 6.45) is 0.402. The third-order valence-corrected chi connectivity index (χ3v) is 8.54. The van der Waals surface area contributed by atoms with Crippen LogP contribution in [0.4, 0.5) is 23.2 Å². The fourth-order valence-corrected chi connectivity index (χ4v) is 5.78. The summed E-state index contributed by atoms with van der Waals surface area (Å²) in [6.45, 7) is 3.10. The fourth-order valence-electron chi connectivity index (χ4n) is 4.27. The van der Waals surface area contributed by atoms with Crippen molar-refractivity contribution in [3.63, 3.8) is 0 Å². The summed E-state index contributed by atoms with van der Waals surface area (Å²) in [6, 6.07) is 1.90. The number of halogens is 4. The van der Waals surface area contributed by atoms with E-state index < -0.39 is 23.4 Å². The van der Waals surface area contributed by atoms with Crippen molar-refractivity contribution in [2.24, 2.45) is 5.41 Å². The Morgan fingerprint density at radius 2 is 1.82 bits per heavy atom. The van der Waals surface area contributed by atoms with Crippen LogP contribution in [-0.2, 0) is 4.74 Å². The highest BCUT2D eigenvalue weighted by molar-refractivity contribution is 8.26. The highest BCUT2D eigenvalue weighted by Gasteiger charge is 2.51. The first kappa shape index (κ1) is 23.9. The van der Waals surface area contributed by atoms with Crippen LogP contribution in [0.2, 0.25) is 0 Å². The van der Waals surface area contributed by atoms with Crippen molar-refractivity contribution in [2.75, 3.05) is 31.2 Å². The average molecular weight is 517 g/mol. The monoisotopic (exact) mass is 516 g/mol. The van der Waals surface area contributed by atoms with Crippen molar-refractivity contribution < 1.29 is 22.3 Å². The van der Waals surface area contributed by atoms with Gasteiger partial charge in [0.25, 0.3) is 12.9 Å². The quantitative estimate of drug-likeness (QED) is 0.215. The van der Waals surface area contributed by atoms with Crippen LogP contribution in [0.25, 0.3) is 5.65 Å². The maximum absolute atomic E-state index is 13.4. The number of aromatic nitrogens is 2. The molecule has 0 bridgehead atoms. The molecule has 2 aliphatic heterocycles. The van der Waals surface area contributed by atoms with Gasteiger partial charge in [-0.2, -0.15) is 0 Å². The van der Waals surface area contributed by atoms with Crippen LogP contribution in [0.3, 0.4) is 0 Å². The van der Waals surface area contributed by atoms with Gasteiger partial charge in [-0.25, -0.2) is 27.3 Å². The van der Waals surface area contributed by atoms with E-state index in [1.807, 2.05) is 6.07 Å². The van der Waals surface area contributed by atoms with Crippen molar-refractivity contribution in [2.45, 2.75) is 49.0 Å². The van der Waals surface area contributed by atoms with Crippen LogP contribution >= 0.6 is 23.7 Å². The Balaban J connectivity index is 1.46. The molecule has 0 aromatic carbocycles. The summed E-state index contributed by atoms with van der Waals surface area (Å²) >= 11 is 1.48. The number of pyridine rings is 1. The maximum Gasteiger partial charge on any atom is 0.285 e.